The largest absolute Gasteiger partial charge is 0.494 e. The molecule has 0 amide bonds. The second-order valence-electron chi connectivity index (χ2n) is 4.63. The van der Waals surface area contributed by atoms with Crippen molar-refractivity contribution < 1.29 is 4.74 Å². The van der Waals surface area contributed by atoms with Crippen molar-refractivity contribution in [2.24, 2.45) is 0 Å². The van der Waals surface area contributed by atoms with E-state index < -0.39 is 0 Å². The molecule has 0 spiro atoms. The Morgan fingerprint density at radius 1 is 1.15 bits per heavy atom. The summed E-state index contributed by atoms with van der Waals surface area (Å²) in [6, 6.07) is 10.1. The van der Waals surface area contributed by atoms with Gasteiger partial charge < -0.3 is 10.1 Å². The van der Waals surface area contributed by atoms with Crippen LogP contribution in [0, 0.1) is 0 Å². The molecular formula is C16H21N3O. The van der Waals surface area contributed by atoms with Gasteiger partial charge in [-0.15, -0.1) is 0 Å². The first kappa shape index (κ1) is 14.5. The first-order chi connectivity index (χ1) is 9.90. The molecule has 1 atom stereocenters. The molecule has 0 aliphatic carbocycles. The fourth-order valence-corrected chi connectivity index (χ4v) is 2.01. The van der Waals surface area contributed by atoms with E-state index >= 15 is 0 Å². The number of nitrogens with one attached hydrogen (secondary N) is 1. The summed E-state index contributed by atoms with van der Waals surface area (Å²) in [6.45, 7) is 3.80. The summed E-state index contributed by atoms with van der Waals surface area (Å²) in [5, 5.41) is 3.51. The Morgan fingerprint density at radius 3 is 2.60 bits per heavy atom. The second kappa shape index (κ2) is 8.27. The second-order valence-corrected chi connectivity index (χ2v) is 4.63. The van der Waals surface area contributed by atoms with Crippen LogP contribution in [0.4, 0.5) is 0 Å². The summed E-state index contributed by atoms with van der Waals surface area (Å²) in [5.41, 5.74) is 1.11. The van der Waals surface area contributed by atoms with Gasteiger partial charge in [-0.2, -0.15) is 0 Å². The minimum absolute atomic E-state index is 0.236. The van der Waals surface area contributed by atoms with Crippen molar-refractivity contribution in [1.29, 1.82) is 0 Å². The number of aromatic nitrogens is 2. The van der Waals surface area contributed by atoms with Gasteiger partial charge in [0, 0.05) is 30.4 Å². The number of para-hydroxylation sites is 1. The van der Waals surface area contributed by atoms with Crippen molar-refractivity contribution in [2.75, 3.05) is 13.2 Å². The van der Waals surface area contributed by atoms with E-state index in [1.165, 1.54) is 0 Å². The molecule has 0 saturated carbocycles. The lowest BCUT2D eigenvalue weighted by Gasteiger charge is -2.18. The molecule has 0 bridgehead atoms. The molecule has 1 aromatic heterocycles. The molecule has 0 saturated heterocycles. The Balaban J connectivity index is 1.88. The number of benzene rings is 1. The predicted molar refractivity (Wildman–Crippen MR) is 79.6 cm³/mol. The van der Waals surface area contributed by atoms with Crippen LogP contribution in [0.2, 0.25) is 0 Å². The van der Waals surface area contributed by atoms with Gasteiger partial charge in [0.2, 0.25) is 0 Å². The van der Waals surface area contributed by atoms with Crippen LogP contribution in [-0.4, -0.2) is 23.1 Å². The zero-order valence-corrected chi connectivity index (χ0v) is 11.8. The molecule has 20 heavy (non-hydrogen) atoms. The molecule has 106 valence electrons. The van der Waals surface area contributed by atoms with E-state index in [1.807, 2.05) is 42.7 Å². The van der Waals surface area contributed by atoms with E-state index in [2.05, 4.69) is 22.2 Å². The average molecular weight is 271 g/mol. The van der Waals surface area contributed by atoms with Crippen LogP contribution in [0.1, 0.15) is 31.4 Å². The van der Waals surface area contributed by atoms with Crippen LogP contribution < -0.4 is 10.1 Å². The Bertz CT molecular complexity index is 476. The van der Waals surface area contributed by atoms with Crippen LogP contribution in [-0.2, 0) is 0 Å². The summed E-state index contributed by atoms with van der Waals surface area (Å²) in [7, 11) is 0. The number of hydrogen-bond acceptors (Lipinski definition) is 4. The van der Waals surface area contributed by atoms with Gasteiger partial charge in [-0.1, -0.05) is 25.1 Å². The van der Waals surface area contributed by atoms with Gasteiger partial charge in [-0.25, -0.2) is 9.97 Å². The number of ether oxygens (including phenoxy) is 1. The van der Waals surface area contributed by atoms with Crippen LogP contribution in [0.15, 0.2) is 49.1 Å². The smallest absolute Gasteiger partial charge is 0.119 e. The van der Waals surface area contributed by atoms with Crippen molar-refractivity contribution in [1.82, 2.24) is 15.3 Å². The highest BCUT2D eigenvalue weighted by atomic mass is 16.5. The van der Waals surface area contributed by atoms with Crippen molar-refractivity contribution in [2.45, 2.75) is 25.8 Å². The quantitative estimate of drug-likeness (QED) is 0.802. The fraction of sp³-hybridized carbons (Fsp3) is 0.375. The predicted octanol–water partition coefficient (Wildman–Crippen LogP) is 2.99. The highest BCUT2D eigenvalue weighted by molar-refractivity contribution is 5.21. The molecule has 0 aliphatic rings. The number of nitrogens with zero attached hydrogens (tertiary/aromatic N) is 2. The Kier molecular flexibility index (Phi) is 5.99. The third kappa shape index (κ3) is 4.63. The monoisotopic (exact) mass is 271 g/mol. The molecule has 2 aromatic rings. The maximum Gasteiger partial charge on any atom is 0.119 e. The zero-order valence-electron chi connectivity index (χ0n) is 11.8. The summed E-state index contributed by atoms with van der Waals surface area (Å²) < 4.78 is 5.76. The van der Waals surface area contributed by atoms with Crippen molar-refractivity contribution in [3.05, 3.63) is 54.6 Å². The molecule has 4 nitrogen and oxygen atoms in total. The molecule has 2 rings (SSSR count). The van der Waals surface area contributed by atoms with Gasteiger partial charge >= 0.3 is 0 Å². The van der Waals surface area contributed by atoms with Crippen LogP contribution in [0.3, 0.4) is 0 Å². The lowest BCUT2D eigenvalue weighted by Crippen LogP contribution is -2.24. The molecule has 0 radical (unpaired) electrons. The Hall–Kier alpha value is -1.94. The van der Waals surface area contributed by atoms with Crippen LogP contribution >= 0.6 is 0 Å². The van der Waals surface area contributed by atoms with E-state index in [1.54, 1.807) is 6.33 Å². The number of rotatable bonds is 8. The Labute approximate surface area is 120 Å². The molecule has 1 N–H and O–H groups in total. The average Bonchev–Trinajstić information content (AvgIpc) is 2.52. The Morgan fingerprint density at radius 2 is 1.90 bits per heavy atom. The summed E-state index contributed by atoms with van der Waals surface area (Å²) in [5.74, 6) is 0.908. The topological polar surface area (TPSA) is 47.0 Å². The zero-order chi connectivity index (χ0) is 14.0. The van der Waals surface area contributed by atoms with Gasteiger partial charge in [0.1, 0.15) is 12.1 Å². The van der Waals surface area contributed by atoms with E-state index in [-0.39, 0.29) is 6.04 Å². The molecule has 1 aromatic carbocycles. The SMILES string of the molecule is CCCNC(CCOc1ccccc1)c1cncnc1. The molecule has 0 fully saturated rings. The van der Waals surface area contributed by atoms with Crippen LogP contribution in [0.5, 0.6) is 5.75 Å². The highest BCUT2D eigenvalue weighted by Gasteiger charge is 2.11. The van der Waals surface area contributed by atoms with Gasteiger partial charge in [0.05, 0.1) is 6.61 Å². The maximum atomic E-state index is 5.76. The normalized spacial score (nSPS) is 12.1. The standard InChI is InChI=1S/C16H21N3O/c1-2-9-19-16(14-11-17-13-18-12-14)8-10-20-15-6-4-3-5-7-15/h3-7,11-13,16,19H,2,8-10H2,1H3. The van der Waals surface area contributed by atoms with Crippen molar-refractivity contribution in [3.8, 4) is 5.75 Å². The molecule has 0 aliphatic heterocycles. The minimum Gasteiger partial charge on any atom is -0.494 e. The molecule has 4 heteroatoms. The van der Waals surface area contributed by atoms with Gasteiger partial charge in [-0.05, 0) is 25.1 Å². The van der Waals surface area contributed by atoms with Crippen molar-refractivity contribution in [3.63, 3.8) is 0 Å². The highest BCUT2D eigenvalue weighted by Crippen LogP contribution is 2.16. The fourth-order valence-electron chi connectivity index (χ4n) is 2.01. The van der Waals surface area contributed by atoms with Crippen LogP contribution in [0.25, 0.3) is 0 Å². The van der Waals surface area contributed by atoms with E-state index in [9.17, 15) is 0 Å². The lowest BCUT2D eigenvalue weighted by atomic mass is 10.1. The van der Waals surface area contributed by atoms with Gasteiger partial charge in [0.15, 0.2) is 0 Å². The van der Waals surface area contributed by atoms with E-state index in [0.29, 0.717) is 6.61 Å². The molecule has 1 heterocycles. The van der Waals surface area contributed by atoms with Gasteiger partial charge in [-0.3, -0.25) is 0 Å². The third-order valence-corrected chi connectivity index (χ3v) is 3.04. The first-order valence-electron chi connectivity index (χ1n) is 7.06. The molecular weight excluding hydrogens is 250 g/mol. The molecule has 1 unspecified atom stereocenters. The van der Waals surface area contributed by atoms with E-state index in [0.717, 1.165) is 30.7 Å². The summed E-state index contributed by atoms with van der Waals surface area (Å²) in [6.07, 6.45) is 7.28. The van der Waals surface area contributed by atoms with E-state index in [4.69, 9.17) is 4.74 Å². The summed E-state index contributed by atoms with van der Waals surface area (Å²) in [4.78, 5) is 8.18. The van der Waals surface area contributed by atoms with Crippen molar-refractivity contribution >= 4 is 0 Å². The lowest BCUT2D eigenvalue weighted by molar-refractivity contribution is 0.286. The van der Waals surface area contributed by atoms with Gasteiger partial charge in [0.25, 0.3) is 0 Å². The number of hydrogen-bond donors (Lipinski definition) is 1. The first-order valence-corrected chi connectivity index (χ1v) is 7.06. The minimum atomic E-state index is 0.236. The third-order valence-electron chi connectivity index (χ3n) is 3.04. The maximum absolute atomic E-state index is 5.76. The summed E-state index contributed by atoms with van der Waals surface area (Å²) >= 11 is 0.